The third kappa shape index (κ3) is 5.35. The van der Waals surface area contributed by atoms with Gasteiger partial charge in [0.2, 0.25) is 12.7 Å². The molecule has 0 saturated heterocycles. The van der Waals surface area contributed by atoms with Crippen molar-refractivity contribution in [3.63, 3.8) is 0 Å². The van der Waals surface area contributed by atoms with Crippen molar-refractivity contribution in [1.29, 1.82) is 0 Å². The molecule has 0 spiro atoms. The zero-order chi connectivity index (χ0) is 24.0. The van der Waals surface area contributed by atoms with E-state index in [1.54, 1.807) is 0 Å². The molecule has 1 amide bonds. The highest BCUT2D eigenvalue weighted by Gasteiger charge is 2.16. The summed E-state index contributed by atoms with van der Waals surface area (Å²) in [6.45, 7) is 4.20. The summed E-state index contributed by atoms with van der Waals surface area (Å²) in [7, 11) is 0. The van der Waals surface area contributed by atoms with Crippen LogP contribution in [-0.2, 0) is 24.3 Å². The topological polar surface area (TPSA) is 76.6 Å². The van der Waals surface area contributed by atoms with Crippen LogP contribution in [0.4, 0.5) is 5.82 Å². The SMILES string of the molecule is CCN(Cc1ccccc1)c1nc(CNC(=O)CCc2ccc3c(c2)OCO3)nc2ccccc12. The van der Waals surface area contributed by atoms with Crippen molar-refractivity contribution >= 4 is 22.6 Å². The summed E-state index contributed by atoms with van der Waals surface area (Å²) in [6.07, 6.45) is 0.988. The van der Waals surface area contributed by atoms with Crippen molar-refractivity contribution in [2.24, 2.45) is 0 Å². The van der Waals surface area contributed by atoms with Crippen LogP contribution in [-0.4, -0.2) is 29.2 Å². The Labute approximate surface area is 204 Å². The van der Waals surface area contributed by atoms with Gasteiger partial charge in [0.25, 0.3) is 0 Å². The molecule has 0 aliphatic carbocycles. The standard InChI is InChI=1S/C28H28N4O3/c1-2-32(18-21-8-4-3-5-9-21)28-22-10-6-7-11-23(22)30-26(31-28)17-29-27(33)15-13-20-12-14-24-25(16-20)35-19-34-24/h3-12,14,16H,2,13,15,17-19H2,1H3,(H,29,33). The minimum absolute atomic E-state index is 0.0439. The summed E-state index contributed by atoms with van der Waals surface area (Å²) in [6, 6.07) is 24.1. The fourth-order valence-corrected chi connectivity index (χ4v) is 4.19. The summed E-state index contributed by atoms with van der Waals surface area (Å²) >= 11 is 0. The number of carbonyl (C=O) groups is 1. The highest BCUT2D eigenvalue weighted by Crippen LogP contribution is 2.32. The van der Waals surface area contributed by atoms with Gasteiger partial charge in [-0.1, -0.05) is 48.5 Å². The summed E-state index contributed by atoms with van der Waals surface area (Å²) in [4.78, 5) is 24.4. The second kappa shape index (κ2) is 10.4. The minimum Gasteiger partial charge on any atom is -0.454 e. The smallest absolute Gasteiger partial charge is 0.231 e. The maximum atomic E-state index is 12.6. The molecule has 4 aromatic rings. The van der Waals surface area contributed by atoms with E-state index in [0.717, 1.165) is 46.9 Å². The van der Waals surface area contributed by atoms with Crippen LogP contribution < -0.4 is 19.7 Å². The number of aromatic nitrogens is 2. The van der Waals surface area contributed by atoms with Crippen LogP contribution in [0.5, 0.6) is 11.5 Å². The Hall–Kier alpha value is -4.13. The highest BCUT2D eigenvalue weighted by atomic mass is 16.7. The van der Waals surface area contributed by atoms with Crippen LogP contribution in [0.25, 0.3) is 10.9 Å². The first kappa shape index (κ1) is 22.7. The second-order valence-electron chi connectivity index (χ2n) is 8.44. The monoisotopic (exact) mass is 468 g/mol. The molecule has 0 unspecified atom stereocenters. The van der Waals surface area contributed by atoms with E-state index in [1.807, 2.05) is 60.7 Å². The van der Waals surface area contributed by atoms with Gasteiger partial charge in [0.1, 0.15) is 5.82 Å². The van der Waals surface area contributed by atoms with Crippen molar-refractivity contribution in [2.45, 2.75) is 32.9 Å². The van der Waals surface area contributed by atoms with Gasteiger partial charge >= 0.3 is 0 Å². The number of para-hydroxylation sites is 1. The molecule has 1 aliphatic rings. The molecule has 0 saturated carbocycles. The molecule has 35 heavy (non-hydrogen) atoms. The van der Waals surface area contributed by atoms with Gasteiger partial charge in [0.15, 0.2) is 17.3 Å². The first-order chi connectivity index (χ1) is 17.2. The van der Waals surface area contributed by atoms with Crippen molar-refractivity contribution in [1.82, 2.24) is 15.3 Å². The third-order valence-corrected chi connectivity index (χ3v) is 6.05. The van der Waals surface area contributed by atoms with Crippen molar-refractivity contribution in [3.05, 3.63) is 89.7 Å². The Balaban J connectivity index is 1.28. The van der Waals surface area contributed by atoms with E-state index in [2.05, 4.69) is 29.3 Å². The van der Waals surface area contributed by atoms with Gasteiger partial charge in [-0.15, -0.1) is 0 Å². The number of anilines is 1. The highest BCUT2D eigenvalue weighted by molar-refractivity contribution is 5.89. The maximum absolute atomic E-state index is 12.6. The van der Waals surface area contributed by atoms with Gasteiger partial charge in [-0.3, -0.25) is 4.79 Å². The molecule has 2 heterocycles. The van der Waals surface area contributed by atoms with E-state index in [0.29, 0.717) is 18.7 Å². The van der Waals surface area contributed by atoms with Gasteiger partial charge in [0, 0.05) is 24.9 Å². The number of carbonyl (C=O) groups excluding carboxylic acids is 1. The Bertz CT molecular complexity index is 1330. The number of benzene rings is 3. The normalized spacial score (nSPS) is 12.0. The van der Waals surface area contributed by atoms with Crippen LogP contribution >= 0.6 is 0 Å². The molecule has 0 bridgehead atoms. The molecule has 178 valence electrons. The molecule has 3 aromatic carbocycles. The summed E-state index contributed by atoms with van der Waals surface area (Å²) in [5.74, 6) is 2.91. The minimum atomic E-state index is -0.0439. The van der Waals surface area contributed by atoms with E-state index in [9.17, 15) is 4.79 Å². The fourth-order valence-electron chi connectivity index (χ4n) is 4.19. The quantitative estimate of drug-likeness (QED) is 0.386. The lowest BCUT2D eigenvalue weighted by Crippen LogP contribution is -2.27. The molecule has 0 radical (unpaired) electrons. The number of fused-ring (bicyclic) bond motifs is 2. The average molecular weight is 469 g/mol. The molecule has 1 aromatic heterocycles. The van der Waals surface area contributed by atoms with Crippen molar-refractivity contribution < 1.29 is 14.3 Å². The Morgan fingerprint density at radius 2 is 1.74 bits per heavy atom. The largest absolute Gasteiger partial charge is 0.454 e. The van der Waals surface area contributed by atoms with Crippen molar-refractivity contribution in [3.8, 4) is 11.5 Å². The van der Waals surface area contributed by atoms with E-state index in [4.69, 9.17) is 19.4 Å². The van der Waals surface area contributed by atoms with E-state index in [-0.39, 0.29) is 19.2 Å². The summed E-state index contributed by atoms with van der Waals surface area (Å²) < 4.78 is 10.8. The van der Waals surface area contributed by atoms with Gasteiger partial charge in [-0.25, -0.2) is 9.97 Å². The number of nitrogens with one attached hydrogen (secondary N) is 1. The lowest BCUT2D eigenvalue weighted by atomic mass is 10.1. The molecule has 5 rings (SSSR count). The number of hydrogen-bond acceptors (Lipinski definition) is 6. The predicted molar refractivity (Wildman–Crippen MR) is 135 cm³/mol. The fraction of sp³-hybridized carbons (Fsp3) is 0.250. The van der Waals surface area contributed by atoms with Gasteiger partial charge in [0.05, 0.1) is 12.1 Å². The Kier molecular flexibility index (Phi) is 6.75. The summed E-state index contributed by atoms with van der Waals surface area (Å²) in [5, 5.41) is 3.98. The zero-order valence-corrected chi connectivity index (χ0v) is 19.7. The number of ether oxygens (including phenoxy) is 2. The number of nitrogens with zero attached hydrogens (tertiary/aromatic N) is 3. The number of aryl methyl sites for hydroxylation is 1. The van der Waals surface area contributed by atoms with Crippen LogP contribution in [0, 0.1) is 0 Å². The zero-order valence-electron chi connectivity index (χ0n) is 19.7. The maximum Gasteiger partial charge on any atom is 0.231 e. The Morgan fingerprint density at radius 1 is 0.943 bits per heavy atom. The molecular formula is C28H28N4O3. The summed E-state index contributed by atoms with van der Waals surface area (Å²) in [5.41, 5.74) is 3.12. The lowest BCUT2D eigenvalue weighted by Gasteiger charge is -2.24. The van der Waals surface area contributed by atoms with Crippen LogP contribution in [0.15, 0.2) is 72.8 Å². The van der Waals surface area contributed by atoms with E-state index in [1.165, 1.54) is 5.56 Å². The molecule has 1 N–H and O–H groups in total. The van der Waals surface area contributed by atoms with Gasteiger partial charge in [-0.05, 0) is 48.7 Å². The number of hydrogen-bond donors (Lipinski definition) is 1. The van der Waals surface area contributed by atoms with Gasteiger partial charge in [-0.2, -0.15) is 0 Å². The molecule has 0 fully saturated rings. The molecule has 0 atom stereocenters. The molecular weight excluding hydrogens is 440 g/mol. The van der Waals surface area contributed by atoms with E-state index < -0.39 is 0 Å². The van der Waals surface area contributed by atoms with Crippen molar-refractivity contribution in [2.75, 3.05) is 18.2 Å². The first-order valence-corrected chi connectivity index (χ1v) is 11.9. The predicted octanol–water partition coefficient (Wildman–Crippen LogP) is 4.63. The average Bonchev–Trinajstić information content (AvgIpc) is 3.37. The second-order valence-corrected chi connectivity index (χ2v) is 8.44. The lowest BCUT2D eigenvalue weighted by molar-refractivity contribution is -0.121. The molecule has 1 aliphatic heterocycles. The van der Waals surface area contributed by atoms with Crippen LogP contribution in [0.2, 0.25) is 0 Å². The van der Waals surface area contributed by atoms with Gasteiger partial charge < -0.3 is 19.7 Å². The van der Waals surface area contributed by atoms with E-state index >= 15 is 0 Å². The first-order valence-electron chi connectivity index (χ1n) is 11.9. The Morgan fingerprint density at radius 3 is 2.60 bits per heavy atom. The molecule has 7 nitrogen and oxygen atoms in total. The number of amides is 1. The van der Waals surface area contributed by atoms with Crippen LogP contribution in [0.3, 0.4) is 0 Å². The molecule has 7 heteroatoms. The number of rotatable bonds is 9. The third-order valence-electron chi connectivity index (χ3n) is 6.05. The van der Waals surface area contributed by atoms with Crippen LogP contribution in [0.1, 0.15) is 30.3 Å².